The van der Waals surface area contributed by atoms with Gasteiger partial charge in [-0.15, -0.1) is 0 Å². The standard InChI is InChI=1S/C15H14ClNO2/c1-10-5-6-11(9-18)7-14(10)17-15(19)12-3-2-4-13(16)8-12/h2-8,18H,9H2,1H3,(H,17,19). The lowest BCUT2D eigenvalue weighted by atomic mass is 10.1. The number of benzene rings is 2. The van der Waals surface area contributed by atoms with E-state index in [-0.39, 0.29) is 12.5 Å². The first-order chi connectivity index (χ1) is 9.10. The van der Waals surface area contributed by atoms with Crippen molar-refractivity contribution in [1.82, 2.24) is 0 Å². The Kier molecular flexibility index (Phi) is 4.20. The highest BCUT2D eigenvalue weighted by Gasteiger charge is 2.08. The van der Waals surface area contributed by atoms with Crippen LogP contribution in [0.5, 0.6) is 0 Å². The number of hydrogen-bond acceptors (Lipinski definition) is 2. The van der Waals surface area contributed by atoms with Gasteiger partial charge in [0.15, 0.2) is 0 Å². The van der Waals surface area contributed by atoms with Crippen LogP contribution in [0, 0.1) is 6.92 Å². The van der Waals surface area contributed by atoms with Gasteiger partial charge in [-0.25, -0.2) is 0 Å². The molecule has 0 fully saturated rings. The summed E-state index contributed by atoms with van der Waals surface area (Å²) in [7, 11) is 0. The number of hydrogen-bond donors (Lipinski definition) is 2. The zero-order valence-electron chi connectivity index (χ0n) is 10.5. The number of carbonyl (C=O) groups excluding carboxylic acids is 1. The summed E-state index contributed by atoms with van der Waals surface area (Å²) in [6.07, 6.45) is 0. The number of nitrogens with one attached hydrogen (secondary N) is 1. The number of aliphatic hydroxyl groups is 1. The minimum atomic E-state index is -0.222. The van der Waals surface area contributed by atoms with Crippen molar-refractivity contribution in [2.45, 2.75) is 13.5 Å². The minimum absolute atomic E-state index is 0.0552. The van der Waals surface area contributed by atoms with Crippen molar-refractivity contribution in [2.24, 2.45) is 0 Å². The van der Waals surface area contributed by atoms with Crippen LogP contribution in [0.1, 0.15) is 21.5 Å². The maximum Gasteiger partial charge on any atom is 0.255 e. The molecule has 19 heavy (non-hydrogen) atoms. The van der Waals surface area contributed by atoms with Crippen LogP contribution in [-0.4, -0.2) is 11.0 Å². The van der Waals surface area contributed by atoms with Crippen molar-refractivity contribution in [1.29, 1.82) is 0 Å². The van der Waals surface area contributed by atoms with Gasteiger partial charge in [0.05, 0.1) is 6.61 Å². The van der Waals surface area contributed by atoms with E-state index in [1.165, 1.54) is 0 Å². The van der Waals surface area contributed by atoms with Crippen LogP contribution < -0.4 is 5.32 Å². The van der Waals surface area contributed by atoms with Crippen LogP contribution >= 0.6 is 11.6 Å². The molecule has 0 unspecified atom stereocenters. The SMILES string of the molecule is Cc1ccc(CO)cc1NC(=O)c1cccc(Cl)c1. The molecule has 2 aromatic carbocycles. The number of aryl methyl sites for hydroxylation is 1. The van der Waals surface area contributed by atoms with E-state index >= 15 is 0 Å². The highest BCUT2D eigenvalue weighted by molar-refractivity contribution is 6.31. The second kappa shape index (κ2) is 5.87. The number of amides is 1. The molecule has 0 heterocycles. The van der Waals surface area contributed by atoms with E-state index in [2.05, 4.69) is 5.32 Å². The molecule has 0 saturated heterocycles. The third kappa shape index (κ3) is 3.34. The lowest BCUT2D eigenvalue weighted by Crippen LogP contribution is -2.13. The zero-order valence-corrected chi connectivity index (χ0v) is 11.2. The second-order valence-corrected chi connectivity index (χ2v) is 4.71. The van der Waals surface area contributed by atoms with Gasteiger partial charge in [0, 0.05) is 16.3 Å². The van der Waals surface area contributed by atoms with Gasteiger partial charge in [-0.2, -0.15) is 0 Å². The third-order valence-corrected chi connectivity index (χ3v) is 3.05. The normalized spacial score (nSPS) is 10.3. The van der Waals surface area contributed by atoms with Crippen LogP contribution in [0.2, 0.25) is 5.02 Å². The summed E-state index contributed by atoms with van der Waals surface area (Å²) in [6.45, 7) is 1.84. The van der Waals surface area contributed by atoms with Crippen LogP contribution in [0.25, 0.3) is 0 Å². The van der Waals surface area contributed by atoms with E-state index in [0.29, 0.717) is 16.3 Å². The Morgan fingerprint density at radius 1 is 1.26 bits per heavy atom. The Balaban J connectivity index is 2.23. The molecule has 2 rings (SSSR count). The molecule has 0 saturated carbocycles. The maximum atomic E-state index is 12.1. The molecule has 98 valence electrons. The summed E-state index contributed by atoms with van der Waals surface area (Å²) < 4.78 is 0. The van der Waals surface area contributed by atoms with Crippen LogP contribution in [-0.2, 0) is 6.61 Å². The molecule has 1 amide bonds. The predicted octanol–water partition coefficient (Wildman–Crippen LogP) is 3.39. The fourth-order valence-corrected chi connectivity index (χ4v) is 1.92. The molecule has 3 nitrogen and oxygen atoms in total. The molecular weight excluding hydrogens is 262 g/mol. The van der Waals surface area contributed by atoms with E-state index in [1.807, 2.05) is 19.1 Å². The molecular formula is C15H14ClNO2. The van der Waals surface area contributed by atoms with E-state index < -0.39 is 0 Å². The van der Waals surface area contributed by atoms with Gasteiger partial charge in [-0.05, 0) is 42.3 Å². The number of rotatable bonds is 3. The summed E-state index contributed by atoms with van der Waals surface area (Å²) in [5.74, 6) is -0.222. The maximum absolute atomic E-state index is 12.1. The van der Waals surface area contributed by atoms with Crippen molar-refractivity contribution >= 4 is 23.2 Å². The average molecular weight is 276 g/mol. The average Bonchev–Trinajstić information content (AvgIpc) is 2.41. The molecule has 0 atom stereocenters. The molecule has 0 bridgehead atoms. The number of carbonyl (C=O) groups is 1. The Morgan fingerprint density at radius 2 is 2.05 bits per heavy atom. The van der Waals surface area contributed by atoms with Gasteiger partial charge in [0.1, 0.15) is 0 Å². The first-order valence-electron chi connectivity index (χ1n) is 5.87. The molecule has 0 aromatic heterocycles. The van der Waals surface area contributed by atoms with Crippen molar-refractivity contribution in [3.8, 4) is 0 Å². The Bertz CT molecular complexity index is 611. The fourth-order valence-electron chi connectivity index (χ4n) is 1.73. The Labute approximate surface area is 116 Å². The third-order valence-electron chi connectivity index (χ3n) is 2.82. The molecule has 0 aliphatic heterocycles. The highest BCUT2D eigenvalue weighted by atomic mass is 35.5. The van der Waals surface area contributed by atoms with E-state index in [1.54, 1.807) is 30.3 Å². The predicted molar refractivity (Wildman–Crippen MR) is 76.5 cm³/mol. The zero-order chi connectivity index (χ0) is 13.8. The smallest absolute Gasteiger partial charge is 0.255 e. The number of halogens is 1. The number of aliphatic hydroxyl groups excluding tert-OH is 1. The molecule has 4 heteroatoms. The first-order valence-corrected chi connectivity index (χ1v) is 6.25. The quantitative estimate of drug-likeness (QED) is 0.902. The number of anilines is 1. The molecule has 0 spiro atoms. The summed E-state index contributed by atoms with van der Waals surface area (Å²) in [5, 5.41) is 12.5. The Hall–Kier alpha value is -1.84. The summed E-state index contributed by atoms with van der Waals surface area (Å²) in [5.41, 5.74) is 2.89. The summed E-state index contributed by atoms with van der Waals surface area (Å²) in [4.78, 5) is 12.1. The van der Waals surface area contributed by atoms with Crippen molar-refractivity contribution in [3.63, 3.8) is 0 Å². The van der Waals surface area contributed by atoms with Gasteiger partial charge in [0.2, 0.25) is 0 Å². The molecule has 0 aliphatic carbocycles. The largest absolute Gasteiger partial charge is 0.392 e. The second-order valence-electron chi connectivity index (χ2n) is 4.27. The van der Waals surface area contributed by atoms with Crippen molar-refractivity contribution < 1.29 is 9.90 Å². The van der Waals surface area contributed by atoms with Gasteiger partial charge >= 0.3 is 0 Å². The van der Waals surface area contributed by atoms with Crippen LogP contribution in [0.4, 0.5) is 5.69 Å². The van der Waals surface area contributed by atoms with Crippen molar-refractivity contribution in [2.75, 3.05) is 5.32 Å². The monoisotopic (exact) mass is 275 g/mol. The van der Waals surface area contributed by atoms with Crippen LogP contribution in [0.3, 0.4) is 0 Å². The highest BCUT2D eigenvalue weighted by Crippen LogP contribution is 2.19. The van der Waals surface area contributed by atoms with Gasteiger partial charge in [0.25, 0.3) is 5.91 Å². The lowest BCUT2D eigenvalue weighted by molar-refractivity contribution is 0.102. The van der Waals surface area contributed by atoms with E-state index in [9.17, 15) is 4.79 Å². The Morgan fingerprint density at radius 3 is 2.74 bits per heavy atom. The van der Waals surface area contributed by atoms with Gasteiger partial charge < -0.3 is 10.4 Å². The topological polar surface area (TPSA) is 49.3 Å². The summed E-state index contributed by atoms with van der Waals surface area (Å²) in [6, 6.07) is 12.2. The molecule has 0 aliphatic rings. The first kappa shape index (κ1) is 13.6. The van der Waals surface area contributed by atoms with Gasteiger partial charge in [-0.1, -0.05) is 29.8 Å². The van der Waals surface area contributed by atoms with Gasteiger partial charge in [-0.3, -0.25) is 4.79 Å². The molecule has 0 radical (unpaired) electrons. The molecule has 2 aromatic rings. The van der Waals surface area contributed by atoms with E-state index in [4.69, 9.17) is 16.7 Å². The fraction of sp³-hybridized carbons (Fsp3) is 0.133. The van der Waals surface area contributed by atoms with E-state index in [0.717, 1.165) is 11.1 Å². The lowest BCUT2D eigenvalue weighted by Gasteiger charge is -2.10. The minimum Gasteiger partial charge on any atom is -0.392 e. The van der Waals surface area contributed by atoms with Crippen LogP contribution in [0.15, 0.2) is 42.5 Å². The molecule has 2 N–H and O–H groups in total. The van der Waals surface area contributed by atoms with Crippen molar-refractivity contribution in [3.05, 3.63) is 64.2 Å². The summed E-state index contributed by atoms with van der Waals surface area (Å²) >= 11 is 5.86.